The summed E-state index contributed by atoms with van der Waals surface area (Å²) in [5, 5.41) is 40.7. The Kier molecular flexibility index (Phi) is 17.0. The molecule has 0 radical (unpaired) electrons. The van der Waals surface area contributed by atoms with Gasteiger partial charge in [0.1, 0.15) is 22.7 Å². The lowest BCUT2D eigenvalue weighted by atomic mass is 10.0. The van der Waals surface area contributed by atoms with Crippen LogP contribution in [0.25, 0.3) is 0 Å². The standard InChI is InChI=1S/2C26H19Cl2N5O2.H2O4S/c2*27-21-10-15-25(24(28)17-21)32-30-26(20-8-13-23(14-9-20)33(34)35)29-31(32)22-11-6-19(7-12-22)16-18-4-2-1-3-5-18;1-5(2,3)4/h2*1-15,17H,16H2,(H,29,30);(H2,1,2,3,4). The molecule has 0 saturated carbocycles. The van der Waals surface area contributed by atoms with E-state index in [9.17, 15) is 20.2 Å². The van der Waals surface area contributed by atoms with Crippen molar-refractivity contribution in [2.75, 3.05) is 20.5 Å². The van der Waals surface area contributed by atoms with Crippen molar-refractivity contribution >= 4 is 103 Å². The lowest BCUT2D eigenvalue weighted by Gasteiger charge is -2.24. The highest BCUT2D eigenvalue weighted by atomic mass is 35.5. The summed E-state index contributed by atoms with van der Waals surface area (Å²) in [5.74, 6) is 1.28. The number of halogens is 4. The molecule has 10 rings (SSSR count). The van der Waals surface area contributed by atoms with Gasteiger partial charge in [-0.05, 0) is 120 Å². The number of amidine groups is 2. The Labute approximate surface area is 449 Å². The van der Waals surface area contributed by atoms with Crippen LogP contribution in [0.2, 0.25) is 20.1 Å². The highest BCUT2D eigenvalue weighted by molar-refractivity contribution is 7.79. The summed E-state index contributed by atoms with van der Waals surface area (Å²) in [5.41, 5.74) is 13.2. The van der Waals surface area contributed by atoms with Crippen LogP contribution in [-0.2, 0) is 23.2 Å². The molecule has 2 aliphatic rings. The van der Waals surface area contributed by atoms with Gasteiger partial charge in [0.2, 0.25) is 0 Å². The molecule has 2 heterocycles. The van der Waals surface area contributed by atoms with E-state index in [1.54, 1.807) is 70.9 Å². The minimum Gasteiger partial charge on any atom is -0.759 e. The lowest BCUT2D eigenvalue weighted by molar-refractivity contribution is -0.545. The number of hydrazone groups is 2. The van der Waals surface area contributed by atoms with E-state index in [4.69, 9.17) is 74.1 Å². The molecule has 75 heavy (non-hydrogen) atoms. The number of anilines is 4. The van der Waals surface area contributed by atoms with Crippen molar-refractivity contribution in [2.24, 2.45) is 10.2 Å². The molecule has 0 bridgehead atoms. The molecule has 0 saturated heterocycles. The molecule has 8 aromatic rings. The number of non-ortho nitro benzene ring substituents is 2. The normalized spacial score (nSPS) is 13.0. The third-order valence-corrected chi connectivity index (χ3v) is 12.3. The van der Waals surface area contributed by atoms with Crippen LogP contribution in [0, 0.1) is 20.2 Å². The third kappa shape index (κ3) is 14.2. The first kappa shape index (κ1) is 53.3. The van der Waals surface area contributed by atoms with E-state index in [0.29, 0.717) is 43.1 Å². The van der Waals surface area contributed by atoms with Gasteiger partial charge in [0, 0.05) is 44.7 Å². The molecule has 8 aromatic carbocycles. The zero-order valence-corrected chi connectivity index (χ0v) is 42.6. The largest absolute Gasteiger partial charge is 0.759 e. The van der Waals surface area contributed by atoms with Crippen molar-refractivity contribution in [1.29, 1.82) is 0 Å². The van der Waals surface area contributed by atoms with E-state index < -0.39 is 20.2 Å². The Morgan fingerprint density at radius 3 is 1.08 bits per heavy atom. The Bertz CT molecular complexity index is 3270. The number of quaternary nitrogens is 2. The first-order chi connectivity index (χ1) is 35.9. The van der Waals surface area contributed by atoms with Crippen molar-refractivity contribution in [1.82, 2.24) is 0 Å². The highest BCUT2D eigenvalue weighted by Crippen LogP contribution is 2.34. The smallest absolute Gasteiger partial charge is 0.277 e. The molecule has 0 atom stereocenters. The number of hydrazine groups is 2. The van der Waals surface area contributed by atoms with Gasteiger partial charge in [-0.2, -0.15) is 10.9 Å². The van der Waals surface area contributed by atoms with Gasteiger partial charge in [0.05, 0.1) is 31.0 Å². The second kappa shape index (κ2) is 23.9. The molecule has 380 valence electrons. The van der Waals surface area contributed by atoms with Crippen LogP contribution >= 0.6 is 46.4 Å². The summed E-state index contributed by atoms with van der Waals surface area (Å²) in [7, 11) is -5.17. The van der Waals surface area contributed by atoms with E-state index in [0.717, 1.165) is 35.3 Å². The molecule has 4 N–H and O–H groups in total. The van der Waals surface area contributed by atoms with E-state index in [1.165, 1.54) is 46.5 Å². The molecule has 0 fully saturated rings. The van der Waals surface area contributed by atoms with Gasteiger partial charge in [-0.25, -0.2) is 0 Å². The molecule has 23 heteroatoms. The molecule has 0 aliphatic carbocycles. The van der Waals surface area contributed by atoms with Gasteiger partial charge in [0.25, 0.3) is 23.0 Å². The molecular weight excluding hydrogens is 1070 g/mol. The zero-order valence-electron chi connectivity index (χ0n) is 38.8. The summed E-state index contributed by atoms with van der Waals surface area (Å²) in [6.45, 7) is 0. The number of nitro benzene ring substituents is 2. The monoisotopic (exact) mass is 1100 g/mol. The van der Waals surface area contributed by atoms with Gasteiger partial charge in [-0.3, -0.25) is 28.6 Å². The van der Waals surface area contributed by atoms with Crippen LogP contribution in [0.4, 0.5) is 34.1 Å². The quantitative estimate of drug-likeness (QED) is 0.0382. The van der Waals surface area contributed by atoms with Crippen LogP contribution in [0.1, 0.15) is 33.4 Å². The maximum absolute atomic E-state index is 11.0. The minimum atomic E-state index is -5.17. The molecule has 0 spiro atoms. The Hall–Kier alpha value is -7.95. The topological polar surface area (TPSA) is 237 Å². The van der Waals surface area contributed by atoms with Crippen molar-refractivity contribution in [2.45, 2.75) is 12.8 Å². The van der Waals surface area contributed by atoms with Gasteiger partial charge < -0.3 is 9.11 Å². The number of rotatable bonds is 12. The van der Waals surface area contributed by atoms with Crippen molar-refractivity contribution < 1.29 is 38.2 Å². The van der Waals surface area contributed by atoms with Crippen LogP contribution < -0.4 is 31.3 Å². The maximum Gasteiger partial charge on any atom is 0.277 e. The van der Waals surface area contributed by atoms with E-state index in [-0.39, 0.29) is 11.4 Å². The van der Waals surface area contributed by atoms with Gasteiger partial charge in [-0.1, -0.05) is 142 Å². The van der Waals surface area contributed by atoms with Crippen LogP contribution in [0.3, 0.4) is 0 Å². The molecule has 2 aliphatic heterocycles. The van der Waals surface area contributed by atoms with Gasteiger partial charge in [-0.15, -0.1) is 20.5 Å². The number of hydrogen-bond acceptors (Lipinski definition) is 14. The van der Waals surface area contributed by atoms with Crippen molar-refractivity contribution in [3.05, 3.63) is 268 Å². The zero-order chi connectivity index (χ0) is 53.2. The maximum atomic E-state index is 11.0. The fraction of sp³-hybridized carbons (Fsp3) is 0.0385. The van der Waals surface area contributed by atoms with Gasteiger partial charge in [0.15, 0.2) is 0 Å². The summed E-state index contributed by atoms with van der Waals surface area (Å²) >= 11 is 25.3. The first-order valence-corrected chi connectivity index (χ1v) is 25.2. The van der Waals surface area contributed by atoms with Crippen molar-refractivity contribution in [3.63, 3.8) is 0 Å². The summed E-state index contributed by atoms with van der Waals surface area (Å²) < 4.78 is 34.1. The van der Waals surface area contributed by atoms with E-state index >= 15 is 0 Å². The van der Waals surface area contributed by atoms with Crippen LogP contribution in [0.15, 0.2) is 204 Å². The average molecular weight is 1110 g/mol. The first-order valence-electron chi connectivity index (χ1n) is 22.3. The Balaban J connectivity index is 0.000000183. The fourth-order valence-electron chi connectivity index (χ4n) is 7.66. The van der Waals surface area contributed by atoms with Crippen LogP contribution in [0.5, 0.6) is 0 Å². The Morgan fingerprint density at radius 1 is 0.453 bits per heavy atom. The lowest BCUT2D eigenvalue weighted by Crippen LogP contribution is -2.96. The number of nitrogens with zero attached hydrogens (tertiary/aromatic N) is 8. The molecular formula is C52H40Cl4N10O8S. The molecule has 18 nitrogen and oxygen atoms in total. The number of nitrogens with two attached hydrogens (primary N) is 2. The van der Waals surface area contributed by atoms with E-state index in [1.807, 2.05) is 81.8 Å². The second-order valence-electron chi connectivity index (χ2n) is 16.4. The minimum absolute atomic E-state index is 0.0239. The molecule has 0 amide bonds. The fourth-order valence-corrected chi connectivity index (χ4v) is 8.62. The summed E-state index contributed by atoms with van der Waals surface area (Å²) in [6, 6.07) is 60.1. The Morgan fingerprint density at radius 2 is 0.773 bits per heavy atom. The third-order valence-electron chi connectivity index (χ3n) is 11.2. The highest BCUT2D eigenvalue weighted by Gasteiger charge is 2.34. The van der Waals surface area contributed by atoms with Gasteiger partial charge >= 0.3 is 0 Å². The predicted molar refractivity (Wildman–Crippen MR) is 288 cm³/mol. The SMILES string of the molecule is O=S(=O)([O-])[O-].O=[N+]([O-])c1ccc(C2=NN(c3ccc(Cl)cc3Cl)N(c3ccc(Cc4ccccc4)cc3)[NH2+]2)cc1.O=[N+]([O-])c1ccc(C2=NN(c3ccc(Cl)cc3Cl)N(c3ccc(Cc4ccccc4)cc3)[NH2+]2)cc1. The average Bonchev–Trinajstić information content (AvgIpc) is 4.04. The predicted octanol–water partition coefficient (Wildman–Crippen LogP) is 9.81. The number of nitro groups is 2. The molecule has 0 aromatic heterocycles. The second-order valence-corrected chi connectivity index (χ2v) is 18.9. The van der Waals surface area contributed by atoms with E-state index in [2.05, 4.69) is 48.5 Å². The number of hydrogen-bond donors (Lipinski definition) is 2. The summed E-state index contributed by atoms with van der Waals surface area (Å²) in [4.78, 5) is 21.2. The summed E-state index contributed by atoms with van der Waals surface area (Å²) in [6.07, 6.45) is 1.67. The molecule has 0 unspecified atom stereocenters. The van der Waals surface area contributed by atoms with Crippen LogP contribution in [-0.4, -0.2) is 39.0 Å². The number of benzene rings is 8. The van der Waals surface area contributed by atoms with Crippen molar-refractivity contribution in [3.8, 4) is 0 Å².